The molecule has 0 amide bonds. The minimum atomic E-state index is -0.197. The topological polar surface area (TPSA) is 20.2 Å². The Labute approximate surface area is 64.1 Å². The summed E-state index contributed by atoms with van der Waals surface area (Å²) in [4.78, 5) is 0. The largest absolute Gasteiger partial charge is 0.388 e. The van der Waals surface area contributed by atoms with Gasteiger partial charge in [0.05, 0.1) is 20.1 Å². The van der Waals surface area contributed by atoms with Crippen molar-refractivity contribution in [3.8, 4) is 0 Å². The Bertz CT molecular complexity index is 97.4. The van der Waals surface area contributed by atoms with E-state index in [0.29, 0.717) is 6.04 Å². The smallest absolute Gasteiger partial charge is 0.104 e. The lowest BCUT2D eigenvalue weighted by Gasteiger charge is -2.35. The third-order valence-corrected chi connectivity index (χ3v) is 2.13. The first kappa shape index (κ1) is 9.92. The van der Waals surface area contributed by atoms with E-state index in [1.165, 1.54) is 0 Å². The van der Waals surface area contributed by atoms with Crippen LogP contribution in [0.4, 0.5) is 0 Å². The quantitative estimate of drug-likeness (QED) is 0.585. The highest BCUT2D eigenvalue weighted by atomic mass is 16.3. The van der Waals surface area contributed by atoms with Gasteiger partial charge in [0.25, 0.3) is 0 Å². The molecule has 0 aromatic heterocycles. The van der Waals surface area contributed by atoms with Crippen molar-refractivity contribution in [1.29, 1.82) is 0 Å². The van der Waals surface area contributed by atoms with Gasteiger partial charge in [0.15, 0.2) is 0 Å². The summed E-state index contributed by atoms with van der Waals surface area (Å²) in [6.45, 7) is 7.00. The zero-order valence-electron chi connectivity index (χ0n) is 7.76. The van der Waals surface area contributed by atoms with E-state index in [9.17, 15) is 0 Å². The van der Waals surface area contributed by atoms with E-state index < -0.39 is 0 Å². The molecule has 0 bridgehead atoms. The van der Waals surface area contributed by atoms with Gasteiger partial charge in [-0.1, -0.05) is 0 Å². The molecule has 0 saturated heterocycles. The van der Waals surface area contributed by atoms with Crippen LogP contribution in [0.25, 0.3) is 0 Å². The maximum absolute atomic E-state index is 9.12. The molecule has 62 valence electrons. The molecule has 0 spiro atoms. The van der Waals surface area contributed by atoms with Crippen molar-refractivity contribution >= 4 is 0 Å². The molecular weight excluding hydrogens is 126 g/mol. The summed E-state index contributed by atoms with van der Waals surface area (Å²) in [5.41, 5.74) is 0. The third kappa shape index (κ3) is 3.18. The van der Waals surface area contributed by atoms with E-state index in [2.05, 4.69) is 27.9 Å². The Hall–Kier alpha value is -0.0800. The molecule has 0 heterocycles. The standard InChI is InChI=1S/C8H20NO/c1-7(2)9(4,5)6-8(3)10/h7-8,10H,6H2,1-5H3/q+1. The number of aliphatic hydroxyl groups excluding tert-OH is 1. The summed E-state index contributed by atoms with van der Waals surface area (Å²) in [6.07, 6.45) is -0.197. The summed E-state index contributed by atoms with van der Waals surface area (Å²) < 4.78 is 0.887. The summed E-state index contributed by atoms with van der Waals surface area (Å²) in [7, 11) is 4.27. The summed E-state index contributed by atoms with van der Waals surface area (Å²) >= 11 is 0. The van der Waals surface area contributed by atoms with E-state index in [-0.39, 0.29) is 6.10 Å². The van der Waals surface area contributed by atoms with Crippen LogP contribution in [-0.2, 0) is 0 Å². The number of aliphatic hydroxyl groups is 1. The second-order valence-corrected chi connectivity index (χ2v) is 3.90. The van der Waals surface area contributed by atoms with Gasteiger partial charge in [0, 0.05) is 0 Å². The average molecular weight is 146 g/mol. The molecule has 0 rings (SSSR count). The lowest BCUT2D eigenvalue weighted by molar-refractivity contribution is -0.913. The molecule has 10 heavy (non-hydrogen) atoms. The lowest BCUT2D eigenvalue weighted by Crippen LogP contribution is -2.49. The van der Waals surface area contributed by atoms with Crippen LogP contribution in [0, 0.1) is 0 Å². The molecular formula is C8H20NO+. The number of rotatable bonds is 3. The van der Waals surface area contributed by atoms with Gasteiger partial charge in [-0.3, -0.25) is 0 Å². The zero-order chi connectivity index (χ0) is 8.36. The molecule has 0 aromatic carbocycles. The van der Waals surface area contributed by atoms with Crippen molar-refractivity contribution in [3.05, 3.63) is 0 Å². The van der Waals surface area contributed by atoms with Crippen LogP contribution in [0.1, 0.15) is 20.8 Å². The zero-order valence-corrected chi connectivity index (χ0v) is 7.76. The number of nitrogens with zero attached hydrogens (tertiary/aromatic N) is 1. The minimum absolute atomic E-state index is 0.197. The van der Waals surface area contributed by atoms with Crippen LogP contribution in [0.15, 0.2) is 0 Å². The third-order valence-electron chi connectivity index (χ3n) is 2.13. The fraction of sp³-hybridized carbons (Fsp3) is 1.00. The predicted molar refractivity (Wildman–Crippen MR) is 43.8 cm³/mol. The van der Waals surface area contributed by atoms with Crippen LogP contribution in [0.2, 0.25) is 0 Å². The Morgan fingerprint density at radius 3 is 1.70 bits per heavy atom. The number of hydrogen-bond donors (Lipinski definition) is 1. The minimum Gasteiger partial charge on any atom is -0.388 e. The molecule has 0 aliphatic carbocycles. The van der Waals surface area contributed by atoms with Gasteiger partial charge in [-0.05, 0) is 20.8 Å². The van der Waals surface area contributed by atoms with Crippen LogP contribution >= 0.6 is 0 Å². The molecule has 1 unspecified atom stereocenters. The van der Waals surface area contributed by atoms with E-state index in [0.717, 1.165) is 11.0 Å². The van der Waals surface area contributed by atoms with Crippen molar-refractivity contribution in [1.82, 2.24) is 0 Å². The van der Waals surface area contributed by atoms with Crippen molar-refractivity contribution < 1.29 is 9.59 Å². The maximum atomic E-state index is 9.12. The van der Waals surface area contributed by atoms with E-state index in [1.54, 1.807) is 0 Å². The molecule has 1 N–H and O–H groups in total. The summed E-state index contributed by atoms with van der Waals surface area (Å²) in [5.74, 6) is 0. The van der Waals surface area contributed by atoms with Gasteiger partial charge < -0.3 is 9.59 Å². The molecule has 0 radical (unpaired) electrons. The molecule has 1 atom stereocenters. The van der Waals surface area contributed by atoms with Crippen molar-refractivity contribution in [3.63, 3.8) is 0 Å². The van der Waals surface area contributed by atoms with E-state index in [1.807, 2.05) is 6.92 Å². The SMILES string of the molecule is CC(O)C[N+](C)(C)C(C)C. The number of quaternary nitrogens is 1. The van der Waals surface area contributed by atoms with Crippen LogP contribution < -0.4 is 0 Å². The van der Waals surface area contributed by atoms with Gasteiger partial charge in [-0.25, -0.2) is 0 Å². The Kier molecular flexibility index (Phi) is 3.33. The van der Waals surface area contributed by atoms with Crippen molar-refractivity contribution in [2.24, 2.45) is 0 Å². The Morgan fingerprint density at radius 2 is 1.60 bits per heavy atom. The average Bonchev–Trinajstić information content (AvgIpc) is 1.60. The normalized spacial score (nSPS) is 15.9. The highest BCUT2D eigenvalue weighted by Crippen LogP contribution is 2.06. The Morgan fingerprint density at radius 1 is 1.20 bits per heavy atom. The monoisotopic (exact) mass is 146 g/mol. The highest BCUT2D eigenvalue weighted by molar-refractivity contribution is 4.46. The van der Waals surface area contributed by atoms with Gasteiger partial charge in [0.1, 0.15) is 12.6 Å². The maximum Gasteiger partial charge on any atom is 0.104 e. The van der Waals surface area contributed by atoms with Crippen LogP contribution in [0.5, 0.6) is 0 Å². The second kappa shape index (κ2) is 3.35. The highest BCUT2D eigenvalue weighted by Gasteiger charge is 2.21. The molecule has 0 aromatic rings. The predicted octanol–water partition coefficient (Wildman–Crippen LogP) is 0.852. The summed E-state index contributed by atoms with van der Waals surface area (Å²) in [5, 5.41) is 9.12. The first-order valence-electron chi connectivity index (χ1n) is 3.87. The van der Waals surface area contributed by atoms with Gasteiger partial charge in [0.2, 0.25) is 0 Å². The molecule has 0 saturated carbocycles. The molecule has 0 aliphatic heterocycles. The fourth-order valence-corrected chi connectivity index (χ4v) is 0.892. The van der Waals surface area contributed by atoms with Crippen molar-refractivity contribution in [2.45, 2.75) is 32.9 Å². The van der Waals surface area contributed by atoms with E-state index in [4.69, 9.17) is 5.11 Å². The van der Waals surface area contributed by atoms with E-state index >= 15 is 0 Å². The number of hydrogen-bond acceptors (Lipinski definition) is 1. The van der Waals surface area contributed by atoms with Gasteiger partial charge in [-0.15, -0.1) is 0 Å². The lowest BCUT2D eigenvalue weighted by atomic mass is 10.2. The Balaban J connectivity index is 3.87. The first-order chi connectivity index (χ1) is 4.36. The fourth-order valence-electron chi connectivity index (χ4n) is 0.892. The summed E-state index contributed by atoms with van der Waals surface area (Å²) in [6, 6.07) is 0.578. The van der Waals surface area contributed by atoms with Gasteiger partial charge in [-0.2, -0.15) is 0 Å². The van der Waals surface area contributed by atoms with Crippen LogP contribution in [-0.4, -0.2) is 42.4 Å². The molecule has 0 aliphatic rings. The first-order valence-corrected chi connectivity index (χ1v) is 3.87. The van der Waals surface area contributed by atoms with Crippen LogP contribution in [0.3, 0.4) is 0 Å². The molecule has 2 heteroatoms. The molecule has 0 fully saturated rings. The number of likely N-dealkylation sites (N-methyl/N-ethyl adjacent to an activating group) is 1. The molecule has 2 nitrogen and oxygen atoms in total. The van der Waals surface area contributed by atoms with Gasteiger partial charge >= 0.3 is 0 Å². The second-order valence-electron chi connectivity index (χ2n) is 3.90. The van der Waals surface area contributed by atoms with Crippen molar-refractivity contribution in [2.75, 3.05) is 20.6 Å².